The molecule has 2 heterocycles. The van der Waals surface area contributed by atoms with Crippen molar-refractivity contribution in [3.05, 3.63) is 49.0 Å². The summed E-state index contributed by atoms with van der Waals surface area (Å²) in [5, 5.41) is 2.32. The summed E-state index contributed by atoms with van der Waals surface area (Å²) in [6.07, 6.45) is 0. The number of rotatable bonds is 4. The van der Waals surface area contributed by atoms with Gasteiger partial charge in [0.1, 0.15) is 4.90 Å². The molecule has 0 saturated carbocycles. The molecule has 1 fully saturated rings. The zero-order valence-electron chi connectivity index (χ0n) is 12.6. The maximum atomic E-state index is 12.9. The molecular formula is C15H15BrCl2N2O2S2. The zero-order chi connectivity index (χ0) is 17.3. The van der Waals surface area contributed by atoms with E-state index < -0.39 is 10.0 Å². The minimum atomic E-state index is -3.70. The molecule has 0 spiro atoms. The molecule has 0 radical (unpaired) electrons. The van der Waals surface area contributed by atoms with Crippen molar-refractivity contribution in [1.29, 1.82) is 0 Å². The van der Waals surface area contributed by atoms with Gasteiger partial charge in [-0.2, -0.15) is 4.31 Å². The van der Waals surface area contributed by atoms with Gasteiger partial charge >= 0.3 is 0 Å². The fourth-order valence-electron chi connectivity index (χ4n) is 2.66. The number of thiophene rings is 1. The molecule has 0 bridgehead atoms. The van der Waals surface area contributed by atoms with E-state index in [1.54, 1.807) is 23.5 Å². The molecule has 1 aromatic heterocycles. The van der Waals surface area contributed by atoms with Gasteiger partial charge in [0.25, 0.3) is 0 Å². The molecule has 0 N–H and O–H groups in total. The quantitative estimate of drug-likeness (QED) is 0.669. The van der Waals surface area contributed by atoms with E-state index in [0.29, 0.717) is 30.7 Å². The van der Waals surface area contributed by atoms with Gasteiger partial charge in [-0.25, -0.2) is 8.42 Å². The number of hydrogen-bond acceptors (Lipinski definition) is 4. The minimum Gasteiger partial charge on any atom is -0.296 e. The van der Waals surface area contributed by atoms with Crippen molar-refractivity contribution in [2.45, 2.75) is 11.4 Å². The molecule has 1 saturated heterocycles. The summed E-state index contributed by atoms with van der Waals surface area (Å²) in [4.78, 5) is 3.52. The molecule has 3 rings (SSSR count). The van der Waals surface area contributed by atoms with E-state index in [0.717, 1.165) is 6.54 Å². The predicted molar refractivity (Wildman–Crippen MR) is 103 cm³/mol. The van der Waals surface area contributed by atoms with Crippen LogP contribution in [0.3, 0.4) is 0 Å². The molecular weight excluding hydrogens is 455 g/mol. The molecule has 0 unspecified atom stereocenters. The third-order valence-corrected chi connectivity index (χ3v) is 7.99. The highest BCUT2D eigenvalue weighted by Crippen LogP contribution is 2.35. The van der Waals surface area contributed by atoms with Crippen LogP contribution in [0, 0.1) is 0 Å². The first-order valence-corrected chi connectivity index (χ1v) is 11.1. The first-order chi connectivity index (χ1) is 11.4. The van der Waals surface area contributed by atoms with Crippen molar-refractivity contribution in [1.82, 2.24) is 9.21 Å². The van der Waals surface area contributed by atoms with Crippen molar-refractivity contribution in [3.8, 4) is 0 Å². The molecule has 9 heteroatoms. The van der Waals surface area contributed by atoms with E-state index in [9.17, 15) is 8.42 Å². The van der Waals surface area contributed by atoms with Crippen molar-refractivity contribution < 1.29 is 8.42 Å². The Morgan fingerprint density at radius 2 is 1.75 bits per heavy atom. The van der Waals surface area contributed by atoms with Crippen LogP contribution in [0.1, 0.15) is 4.88 Å². The first-order valence-electron chi connectivity index (χ1n) is 7.27. The highest BCUT2D eigenvalue weighted by atomic mass is 79.9. The third kappa shape index (κ3) is 3.98. The Morgan fingerprint density at radius 3 is 2.29 bits per heavy atom. The Kier molecular flexibility index (Phi) is 5.91. The smallest absolute Gasteiger partial charge is 0.246 e. The van der Waals surface area contributed by atoms with Crippen LogP contribution in [0.25, 0.3) is 0 Å². The Balaban J connectivity index is 1.73. The number of nitrogens with zero attached hydrogens (tertiary/aromatic N) is 2. The van der Waals surface area contributed by atoms with Crippen molar-refractivity contribution in [2.24, 2.45) is 0 Å². The second-order valence-corrected chi connectivity index (χ2v) is 10.1. The summed E-state index contributed by atoms with van der Waals surface area (Å²) in [5.74, 6) is 0. The van der Waals surface area contributed by atoms with Crippen LogP contribution in [0.4, 0.5) is 0 Å². The Morgan fingerprint density at radius 1 is 1.12 bits per heavy atom. The second kappa shape index (κ2) is 7.61. The third-order valence-electron chi connectivity index (χ3n) is 3.85. The van der Waals surface area contributed by atoms with E-state index in [1.165, 1.54) is 9.18 Å². The summed E-state index contributed by atoms with van der Waals surface area (Å²) in [6, 6.07) is 7.22. The normalized spacial score (nSPS) is 17.3. The summed E-state index contributed by atoms with van der Waals surface area (Å²) in [5.41, 5.74) is 0. The number of halogens is 3. The van der Waals surface area contributed by atoms with E-state index in [2.05, 4.69) is 26.9 Å². The largest absolute Gasteiger partial charge is 0.296 e. The van der Waals surface area contributed by atoms with E-state index in [1.807, 2.05) is 11.4 Å². The number of piperazine rings is 1. The lowest BCUT2D eigenvalue weighted by molar-refractivity contribution is 0.183. The van der Waals surface area contributed by atoms with Gasteiger partial charge in [-0.3, -0.25) is 4.90 Å². The van der Waals surface area contributed by atoms with E-state index >= 15 is 0 Å². The van der Waals surface area contributed by atoms with Gasteiger partial charge in [-0.15, -0.1) is 11.3 Å². The summed E-state index contributed by atoms with van der Waals surface area (Å²) in [6.45, 7) is 3.07. The molecule has 1 aliphatic rings. The SMILES string of the molecule is O=S(=O)(c1c(Cl)cc(Br)cc1Cl)N1CCN(Cc2cccs2)CC1. The molecule has 0 amide bonds. The lowest BCUT2D eigenvalue weighted by Gasteiger charge is -2.34. The molecule has 2 aromatic rings. The maximum Gasteiger partial charge on any atom is 0.246 e. The molecule has 4 nitrogen and oxygen atoms in total. The summed E-state index contributed by atoms with van der Waals surface area (Å²) >= 11 is 17.2. The van der Waals surface area contributed by atoms with Crippen LogP contribution in [-0.2, 0) is 16.6 Å². The topological polar surface area (TPSA) is 40.6 Å². The van der Waals surface area contributed by atoms with Crippen molar-refractivity contribution in [3.63, 3.8) is 0 Å². The highest BCUT2D eigenvalue weighted by Gasteiger charge is 2.32. The molecule has 130 valence electrons. The van der Waals surface area contributed by atoms with Crippen LogP contribution in [0.5, 0.6) is 0 Å². The standard InChI is InChI=1S/C15H15BrCl2N2O2S2/c16-11-8-13(17)15(14(18)9-11)24(21,22)20-5-3-19(4-6-20)10-12-2-1-7-23-12/h1-2,7-9H,3-6,10H2. The molecule has 24 heavy (non-hydrogen) atoms. The number of hydrogen-bond donors (Lipinski definition) is 0. The fourth-order valence-corrected chi connectivity index (χ4v) is 6.71. The monoisotopic (exact) mass is 468 g/mol. The molecule has 0 atom stereocenters. The summed E-state index contributed by atoms with van der Waals surface area (Å²) in [7, 11) is -3.70. The minimum absolute atomic E-state index is 0.0132. The average molecular weight is 470 g/mol. The fraction of sp³-hybridized carbons (Fsp3) is 0.333. The number of sulfonamides is 1. The van der Waals surface area contributed by atoms with Gasteiger partial charge < -0.3 is 0 Å². The van der Waals surface area contributed by atoms with Gasteiger partial charge in [-0.05, 0) is 23.6 Å². The van der Waals surface area contributed by atoms with Crippen LogP contribution in [0.15, 0.2) is 39.0 Å². The van der Waals surface area contributed by atoms with E-state index in [4.69, 9.17) is 23.2 Å². The van der Waals surface area contributed by atoms with Gasteiger partial charge in [0.15, 0.2) is 0 Å². The van der Waals surface area contributed by atoms with Gasteiger partial charge in [0, 0.05) is 42.1 Å². The summed E-state index contributed by atoms with van der Waals surface area (Å²) < 4.78 is 27.9. The van der Waals surface area contributed by atoms with Gasteiger partial charge in [0.05, 0.1) is 10.0 Å². The predicted octanol–water partition coefficient (Wildman–Crippen LogP) is 4.32. The second-order valence-electron chi connectivity index (χ2n) is 5.46. The van der Waals surface area contributed by atoms with Crippen LogP contribution in [0.2, 0.25) is 10.0 Å². The van der Waals surface area contributed by atoms with Gasteiger partial charge in [-0.1, -0.05) is 45.2 Å². The molecule has 0 aliphatic carbocycles. The lowest BCUT2D eigenvalue weighted by Crippen LogP contribution is -2.48. The highest BCUT2D eigenvalue weighted by molar-refractivity contribution is 9.10. The number of benzene rings is 1. The molecule has 1 aromatic carbocycles. The zero-order valence-corrected chi connectivity index (χ0v) is 17.3. The van der Waals surface area contributed by atoms with Gasteiger partial charge in [0.2, 0.25) is 10.0 Å². The Hall–Kier alpha value is -0.150. The Labute approximate surface area is 164 Å². The Bertz CT molecular complexity index is 797. The van der Waals surface area contributed by atoms with Crippen LogP contribution in [-0.4, -0.2) is 43.8 Å². The van der Waals surface area contributed by atoms with Crippen LogP contribution < -0.4 is 0 Å². The first kappa shape index (κ1) is 18.6. The lowest BCUT2D eigenvalue weighted by atomic mass is 10.3. The average Bonchev–Trinajstić information content (AvgIpc) is 2.99. The molecule has 1 aliphatic heterocycles. The van der Waals surface area contributed by atoms with Crippen molar-refractivity contribution in [2.75, 3.05) is 26.2 Å². The van der Waals surface area contributed by atoms with Crippen LogP contribution >= 0.6 is 50.5 Å². The maximum absolute atomic E-state index is 12.9. The van der Waals surface area contributed by atoms with Crippen molar-refractivity contribution >= 4 is 60.5 Å². The van der Waals surface area contributed by atoms with E-state index in [-0.39, 0.29) is 14.9 Å².